The number of carbonyl (C=O) groups is 2. The molecule has 0 aliphatic carbocycles. The molecule has 9 heteroatoms. The van der Waals surface area contributed by atoms with Crippen LogP contribution in [0.3, 0.4) is 0 Å². The summed E-state index contributed by atoms with van der Waals surface area (Å²) in [6, 6.07) is 15.6. The third kappa shape index (κ3) is 5.61. The van der Waals surface area contributed by atoms with Crippen LogP contribution in [-0.4, -0.2) is 32.3 Å². The van der Waals surface area contributed by atoms with Crippen LogP contribution in [0.1, 0.15) is 36.1 Å². The summed E-state index contributed by atoms with van der Waals surface area (Å²) in [7, 11) is 0. The van der Waals surface area contributed by atoms with Gasteiger partial charge in [0.15, 0.2) is 11.0 Å². The molecule has 30 heavy (non-hydrogen) atoms. The van der Waals surface area contributed by atoms with Crippen molar-refractivity contribution in [3.8, 4) is 0 Å². The van der Waals surface area contributed by atoms with Crippen LogP contribution in [-0.2, 0) is 11.3 Å². The van der Waals surface area contributed by atoms with E-state index in [-0.39, 0.29) is 23.6 Å². The summed E-state index contributed by atoms with van der Waals surface area (Å²) in [4.78, 5) is 24.7. The lowest BCUT2D eigenvalue weighted by atomic mass is 10.2. The van der Waals surface area contributed by atoms with Gasteiger partial charge in [0.2, 0.25) is 5.91 Å². The number of carbonyl (C=O) groups excluding carboxylic acids is 2. The fourth-order valence-electron chi connectivity index (χ4n) is 2.82. The molecule has 1 atom stereocenters. The number of nitrogens with one attached hydrogen (secondary N) is 2. The fraction of sp³-hybridized carbons (Fsp3) is 0.238. The number of halogens is 1. The van der Waals surface area contributed by atoms with E-state index in [0.717, 1.165) is 5.69 Å². The molecule has 1 unspecified atom stereocenters. The molecule has 0 aliphatic rings. The third-order valence-corrected chi connectivity index (χ3v) is 5.51. The van der Waals surface area contributed by atoms with Gasteiger partial charge < -0.3 is 15.2 Å². The number of nitrogens with zero attached hydrogens (tertiary/aromatic N) is 3. The van der Waals surface area contributed by atoms with Gasteiger partial charge >= 0.3 is 0 Å². The Kier molecular flexibility index (Phi) is 7.48. The Labute approximate surface area is 184 Å². The molecule has 2 aromatic carbocycles. The van der Waals surface area contributed by atoms with Crippen molar-refractivity contribution in [2.45, 2.75) is 31.6 Å². The maximum absolute atomic E-state index is 12.5. The van der Waals surface area contributed by atoms with Crippen molar-refractivity contribution >= 4 is 40.9 Å². The molecular formula is C21H22ClN5O2S. The van der Waals surface area contributed by atoms with E-state index in [2.05, 4.69) is 20.8 Å². The lowest BCUT2D eigenvalue weighted by Crippen LogP contribution is -2.28. The number of thioether (sulfide) groups is 1. The highest BCUT2D eigenvalue weighted by molar-refractivity contribution is 7.99. The average molecular weight is 444 g/mol. The van der Waals surface area contributed by atoms with Crippen LogP contribution in [0.5, 0.6) is 0 Å². The first kappa shape index (κ1) is 21.9. The van der Waals surface area contributed by atoms with Gasteiger partial charge in [0, 0.05) is 22.8 Å². The Bertz CT molecular complexity index is 1010. The van der Waals surface area contributed by atoms with Gasteiger partial charge in [-0.1, -0.05) is 41.6 Å². The molecule has 0 saturated heterocycles. The molecule has 156 valence electrons. The van der Waals surface area contributed by atoms with Crippen LogP contribution in [0.4, 0.5) is 5.69 Å². The monoisotopic (exact) mass is 443 g/mol. The molecule has 2 amide bonds. The number of hydrogen-bond donors (Lipinski definition) is 2. The van der Waals surface area contributed by atoms with E-state index in [1.54, 1.807) is 24.3 Å². The molecule has 0 spiro atoms. The minimum Gasteiger partial charge on any atom is -0.342 e. The Morgan fingerprint density at radius 1 is 1.10 bits per heavy atom. The van der Waals surface area contributed by atoms with E-state index in [1.807, 2.05) is 48.7 Å². The summed E-state index contributed by atoms with van der Waals surface area (Å²) in [5, 5.41) is 15.4. The van der Waals surface area contributed by atoms with Gasteiger partial charge in [0.05, 0.1) is 11.8 Å². The molecule has 2 N–H and O–H groups in total. The van der Waals surface area contributed by atoms with Crippen LogP contribution in [0.2, 0.25) is 5.02 Å². The second-order valence-electron chi connectivity index (χ2n) is 6.49. The van der Waals surface area contributed by atoms with Crippen LogP contribution >= 0.6 is 23.4 Å². The first-order valence-corrected chi connectivity index (χ1v) is 10.8. The molecule has 0 aliphatic heterocycles. The Hall–Kier alpha value is -2.84. The highest BCUT2D eigenvalue weighted by Crippen LogP contribution is 2.21. The van der Waals surface area contributed by atoms with Crippen LogP contribution in [0, 0.1) is 0 Å². The number of anilines is 1. The predicted octanol–water partition coefficient (Wildman–Crippen LogP) is 4.17. The zero-order valence-corrected chi connectivity index (χ0v) is 18.2. The van der Waals surface area contributed by atoms with E-state index in [1.165, 1.54) is 11.8 Å². The third-order valence-electron chi connectivity index (χ3n) is 4.29. The van der Waals surface area contributed by atoms with Crippen molar-refractivity contribution < 1.29 is 9.59 Å². The summed E-state index contributed by atoms with van der Waals surface area (Å²) in [5.41, 5.74) is 1.26. The number of amides is 2. The van der Waals surface area contributed by atoms with Gasteiger partial charge in [0.1, 0.15) is 0 Å². The van der Waals surface area contributed by atoms with Crippen molar-refractivity contribution in [1.82, 2.24) is 20.1 Å². The predicted molar refractivity (Wildman–Crippen MR) is 119 cm³/mol. The van der Waals surface area contributed by atoms with Gasteiger partial charge in [-0.05, 0) is 50.2 Å². The van der Waals surface area contributed by atoms with Gasteiger partial charge in [-0.3, -0.25) is 9.59 Å². The van der Waals surface area contributed by atoms with Gasteiger partial charge in [-0.15, -0.1) is 10.2 Å². The molecule has 7 nitrogen and oxygen atoms in total. The highest BCUT2D eigenvalue weighted by atomic mass is 35.5. The normalized spacial score (nSPS) is 11.7. The van der Waals surface area contributed by atoms with Crippen molar-refractivity contribution in [3.05, 3.63) is 71.0 Å². The number of hydrogen-bond acceptors (Lipinski definition) is 5. The second kappa shape index (κ2) is 10.3. The van der Waals surface area contributed by atoms with E-state index < -0.39 is 0 Å². The molecule has 0 bridgehead atoms. The summed E-state index contributed by atoms with van der Waals surface area (Å²) in [6.07, 6.45) is 0. The first-order valence-electron chi connectivity index (χ1n) is 9.45. The number of benzene rings is 2. The molecule has 1 heterocycles. The van der Waals surface area contributed by atoms with E-state index in [0.29, 0.717) is 28.1 Å². The minimum absolute atomic E-state index is 0.123. The largest absolute Gasteiger partial charge is 0.342 e. The van der Waals surface area contributed by atoms with Crippen LogP contribution in [0.15, 0.2) is 59.8 Å². The highest BCUT2D eigenvalue weighted by Gasteiger charge is 2.20. The van der Waals surface area contributed by atoms with Gasteiger partial charge in [-0.2, -0.15) is 0 Å². The van der Waals surface area contributed by atoms with Crippen LogP contribution < -0.4 is 10.6 Å². The zero-order valence-electron chi connectivity index (χ0n) is 16.6. The summed E-state index contributed by atoms with van der Waals surface area (Å²) in [5.74, 6) is 0.493. The molecule has 1 aromatic heterocycles. The Morgan fingerprint density at radius 2 is 1.80 bits per heavy atom. The summed E-state index contributed by atoms with van der Waals surface area (Å²) < 4.78 is 1.90. The minimum atomic E-state index is -0.354. The fourth-order valence-corrected chi connectivity index (χ4v) is 3.75. The van der Waals surface area contributed by atoms with E-state index in [4.69, 9.17) is 11.6 Å². The Balaban J connectivity index is 1.62. The lowest BCUT2D eigenvalue weighted by molar-refractivity contribution is -0.113. The van der Waals surface area contributed by atoms with E-state index in [9.17, 15) is 9.59 Å². The Morgan fingerprint density at radius 3 is 2.47 bits per heavy atom. The molecule has 0 radical (unpaired) electrons. The maximum Gasteiger partial charge on any atom is 0.251 e. The SMILES string of the molecule is CCn1c(SCC(=O)Nc2ccccc2)nnc1C(C)NC(=O)c1ccc(Cl)cc1. The lowest BCUT2D eigenvalue weighted by Gasteiger charge is -2.15. The molecule has 0 saturated carbocycles. The van der Waals surface area contributed by atoms with Crippen molar-refractivity contribution in [3.63, 3.8) is 0 Å². The molecule has 0 fully saturated rings. The molecule has 3 aromatic rings. The standard InChI is InChI=1S/C21H22ClN5O2S/c1-3-27-19(14(2)23-20(29)15-9-11-16(22)12-10-15)25-26-21(27)30-13-18(28)24-17-7-5-4-6-8-17/h4-12,14H,3,13H2,1-2H3,(H,23,29)(H,24,28). The zero-order chi connectivity index (χ0) is 21.5. The van der Waals surface area contributed by atoms with Crippen molar-refractivity contribution in [2.24, 2.45) is 0 Å². The quantitative estimate of drug-likeness (QED) is 0.510. The smallest absolute Gasteiger partial charge is 0.251 e. The number of rotatable bonds is 8. The van der Waals surface area contributed by atoms with Gasteiger partial charge in [0.25, 0.3) is 5.91 Å². The second-order valence-corrected chi connectivity index (χ2v) is 7.87. The summed E-state index contributed by atoms with van der Waals surface area (Å²) in [6.45, 7) is 4.43. The number of para-hydroxylation sites is 1. The van der Waals surface area contributed by atoms with E-state index >= 15 is 0 Å². The van der Waals surface area contributed by atoms with Gasteiger partial charge in [-0.25, -0.2) is 0 Å². The number of aromatic nitrogens is 3. The first-order chi connectivity index (χ1) is 14.5. The topological polar surface area (TPSA) is 88.9 Å². The van der Waals surface area contributed by atoms with Crippen molar-refractivity contribution in [1.29, 1.82) is 0 Å². The van der Waals surface area contributed by atoms with Crippen LogP contribution in [0.25, 0.3) is 0 Å². The average Bonchev–Trinajstić information content (AvgIpc) is 3.16. The van der Waals surface area contributed by atoms with Crippen molar-refractivity contribution in [2.75, 3.05) is 11.1 Å². The molecule has 3 rings (SSSR count). The maximum atomic E-state index is 12.5. The molecular weight excluding hydrogens is 422 g/mol. The summed E-state index contributed by atoms with van der Waals surface area (Å²) >= 11 is 7.18.